The van der Waals surface area contributed by atoms with Crippen LogP contribution in [0.1, 0.15) is 20.7 Å². The van der Waals surface area contributed by atoms with E-state index in [4.69, 9.17) is 0 Å². The van der Waals surface area contributed by atoms with Crippen LogP contribution in [0.2, 0.25) is 0 Å². The molecule has 0 aliphatic carbocycles. The zero-order chi connectivity index (χ0) is 11.8. The molecule has 0 fully saturated rings. The van der Waals surface area contributed by atoms with Crippen molar-refractivity contribution in [1.29, 1.82) is 0 Å². The van der Waals surface area contributed by atoms with E-state index in [2.05, 4.69) is 5.32 Å². The van der Waals surface area contributed by atoms with E-state index in [1.54, 1.807) is 24.3 Å². The lowest BCUT2D eigenvalue weighted by Crippen LogP contribution is -2.32. The van der Waals surface area contributed by atoms with Gasteiger partial charge in [0.2, 0.25) is 0 Å². The summed E-state index contributed by atoms with van der Waals surface area (Å²) in [7, 11) is 0. The molecule has 0 saturated carbocycles. The first kappa shape index (κ1) is 10.2. The molecule has 4 nitrogen and oxygen atoms in total. The number of benzene rings is 1. The van der Waals surface area contributed by atoms with Crippen molar-refractivity contribution in [2.24, 2.45) is 0 Å². The van der Waals surface area contributed by atoms with Gasteiger partial charge in [-0.25, -0.2) is 0 Å². The van der Waals surface area contributed by atoms with Gasteiger partial charge in [0, 0.05) is 13.1 Å². The van der Waals surface area contributed by atoms with Crippen LogP contribution in [-0.4, -0.2) is 36.3 Å². The van der Waals surface area contributed by atoms with Gasteiger partial charge in [-0.15, -0.1) is 0 Å². The van der Waals surface area contributed by atoms with E-state index in [1.165, 1.54) is 4.90 Å². The predicted octanol–water partition coefficient (Wildman–Crippen LogP) is 0.812. The van der Waals surface area contributed by atoms with Crippen LogP contribution in [0.4, 0.5) is 0 Å². The summed E-state index contributed by atoms with van der Waals surface area (Å²) < 4.78 is 0. The number of carbonyl (C=O) groups is 2. The van der Waals surface area contributed by atoms with Gasteiger partial charge in [0.05, 0.1) is 17.7 Å². The first-order valence-corrected chi connectivity index (χ1v) is 5.61. The number of hydrogen-bond donors (Lipinski definition) is 1. The second kappa shape index (κ2) is 3.82. The Kier molecular flexibility index (Phi) is 2.30. The van der Waals surface area contributed by atoms with Crippen molar-refractivity contribution in [2.75, 3.05) is 19.6 Å². The molecule has 2 heterocycles. The number of hydrogen-bond acceptors (Lipinski definition) is 3. The first-order chi connectivity index (χ1) is 8.27. The highest BCUT2D eigenvalue weighted by atomic mass is 16.2. The van der Waals surface area contributed by atoms with E-state index in [9.17, 15) is 9.59 Å². The summed E-state index contributed by atoms with van der Waals surface area (Å²) >= 11 is 0. The Morgan fingerprint density at radius 1 is 1.12 bits per heavy atom. The molecule has 2 amide bonds. The fraction of sp³-hybridized carbons (Fsp3) is 0.231. The smallest absolute Gasteiger partial charge is 0.261 e. The fourth-order valence-corrected chi connectivity index (χ4v) is 2.23. The normalized spacial score (nSPS) is 18.6. The number of imide groups is 1. The van der Waals surface area contributed by atoms with Crippen LogP contribution >= 0.6 is 0 Å². The molecule has 0 bridgehead atoms. The SMILES string of the molecule is O=C1c2ccccc2C(=O)N1CC1=CCNC1. The highest BCUT2D eigenvalue weighted by Crippen LogP contribution is 2.23. The number of fused-ring (bicyclic) bond motifs is 1. The van der Waals surface area contributed by atoms with Gasteiger partial charge in [-0.05, 0) is 17.7 Å². The maximum Gasteiger partial charge on any atom is 0.261 e. The molecule has 3 rings (SSSR count). The van der Waals surface area contributed by atoms with Crippen molar-refractivity contribution < 1.29 is 9.59 Å². The minimum atomic E-state index is -0.182. The third-order valence-electron chi connectivity index (χ3n) is 3.13. The lowest BCUT2D eigenvalue weighted by Gasteiger charge is -2.14. The average Bonchev–Trinajstić information content (AvgIpc) is 2.94. The van der Waals surface area contributed by atoms with E-state index in [0.717, 1.165) is 18.7 Å². The summed E-state index contributed by atoms with van der Waals surface area (Å²) in [6.07, 6.45) is 2.03. The monoisotopic (exact) mass is 228 g/mol. The second-order valence-electron chi connectivity index (χ2n) is 4.24. The molecule has 0 radical (unpaired) electrons. The van der Waals surface area contributed by atoms with Crippen molar-refractivity contribution in [2.45, 2.75) is 0 Å². The Balaban J connectivity index is 1.90. The van der Waals surface area contributed by atoms with Gasteiger partial charge in [0.1, 0.15) is 0 Å². The predicted molar refractivity (Wildman–Crippen MR) is 62.8 cm³/mol. The highest BCUT2D eigenvalue weighted by Gasteiger charge is 2.35. The topological polar surface area (TPSA) is 49.4 Å². The maximum atomic E-state index is 12.1. The molecule has 2 aliphatic rings. The Morgan fingerprint density at radius 3 is 2.29 bits per heavy atom. The van der Waals surface area contributed by atoms with E-state index >= 15 is 0 Å². The largest absolute Gasteiger partial charge is 0.309 e. The lowest BCUT2D eigenvalue weighted by atomic mass is 10.1. The number of nitrogens with zero attached hydrogens (tertiary/aromatic N) is 1. The molecular weight excluding hydrogens is 216 g/mol. The van der Waals surface area contributed by atoms with Crippen LogP contribution in [0.15, 0.2) is 35.9 Å². The molecule has 17 heavy (non-hydrogen) atoms. The molecule has 0 atom stereocenters. The lowest BCUT2D eigenvalue weighted by molar-refractivity contribution is 0.0668. The van der Waals surface area contributed by atoms with Crippen LogP contribution in [0.25, 0.3) is 0 Å². The minimum absolute atomic E-state index is 0.182. The number of carbonyl (C=O) groups excluding carboxylic acids is 2. The highest BCUT2D eigenvalue weighted by molar-refractivity contribution is 6.21. The number of rotatable bonds is 2. The van der Waals surface area contributed by atoms with Gasteiger partial charge in [0.15, 0.2) is 0 Å². The third kappa shape index (κ3) is 1.57. The zero-order valence-electron chi connectivity index (χ0n) is 9.27. The van der Waals surface area contributed by atoms with Gasteiger partial charge in [0.25, 0.3) is 11.8 Å². The van der Waals surface area contributed by atoms with Crippen LogP contribution in [0.3, 0.4) is 0 Å². The molecule has 4 heteroatoms. The van der Waals surface area contributed by atoms with Gasteiger partial charge >= 0.3 is 0 Å². The molecule has 86 valence electrons. The summed E-state index contributed by atoms with van der Waals surface area (Å²) in [4.78, 5) is 25.4. The molecule has 0 unspecified atom stereocenters. The molecule has 1 aromatic rings. The molecule has 2 aliphatic heterocycles. The fourth-order valence-electron chi connectivity index (χ4n) is 2.23. The van der Waals surface area contributed by atoms with Gasteiger partial charge < -0.3 is 5.32 Å². The maximum absolute atomic E-state index is 12.1. The van der Waals surface area contributed by atoms with Gasteiger partial charge in [-0.1, -0.05) is 18.2 Å². The summed E-state index contributed by atoms with van der Waals surface area (Å²) in [5, 5.41) is 3.16. The Hall–Kier alpha value is -1.94. The van der Waals surface area contributed by atoms with E-state index < -0.39 is 0 Å². The number of nitrogens with one attached hydrogen (secondary N) is 1. The van der Waals surface area contributed by atoms with Crippen molar-refractivity contribution in [3.05, 3.63) is 47.0 Å². The molecular formula is C13H12N2O2. The summed E-state index contributed by atoms with van der Waals surface area (Å²) in [6, 6.07) is 6.97. The Labute approximate surface area is 98.9 Å². The van der Waals surface area contributed by atoms with Crippen molar-refractivity contribution in [3.8, 4) is 0 Å². The van der Waals surface area contributed by atoms with Crippen molar-refractivity contribution >= 4 is 11.8 Å². The standard InChI is InChI=1S/C13H12N2O2/c16-12-10-3-1-2-4-11(10)13(17)15(12)8-9-5-6-14-7-9/h1-5,14H,6-8H2. The van der Waals surface area contributed by atoms with Crippen molar-refractivity contribution in [3.63, 3.8) is 0 Å². The Morgan fingerprint density at radius 2 is 1.76 bits per heavy atom. The summed E-state index contributed by atoms with van der Waals surface area (Å²) in [5.74, 6) is -0.364. The first-order valence-electron chi connectivity index (χ1n) is 5.61. The molecule has 0 spiro atoms. The van der Waals surface area contributed by atoms with Crippen molar-refractivity contribution in [1.82, 2.24) is 10.2 Å². The Bertz CT molecular complexity index is 499. The molecule has 0 aromatic heterocycles. The quantitative estimate of drug-likeness (QED) is 0.602. The van der Waals surface area contributed by atoms with Gasteiger partial charge in [-0.3, -0.25) is 14.5 Å². The average molecular weight is 228 g/mol. The molecule has 1 aromatic carbocycles. The summed E-state index contributed by atoms with van der Waals surface area (Å²) in [5.41, 5.74) is 2.13. The molecule has 0 saturated heterocycles. The van der Waals surface area contributed by atoms with Crippen LogP contribution in [0.5, 0.6) is 0 Å². The third-order valence-corrected chi connectivity index (χ3v) is 3.13. The summed E-state index contributed by atoms with van der Waals surface area (Å²) in [6.45, 7) is 1.98. The second-order valence-corrected chi connectivity index (χ2v) is 4.24. The van der Waals surface area contributed by atoms with Crippen LogP contribution < -0.4 is 5.32 Å². The van der Waals surface area contributed by atoms with E-state index in [1.807, 2.05) is 6.08 Å². The van der Waals surface area contributed by atoms with E-state index in [-0.39, 0.29) is 11.8 Å². The van der Waals surface area contributed by atoms with Crippen LogP contribution in [0, 0.1) is 0 Å². The zero-order valence-corrected chi connectivity index (χ0v) is 9.27. The van der Waals surface area contributed by atoms with E-state index in [0.29, 0.717) is 17.7 Å². The van der Waals surface area contributed by atoms with Crippen LogP contribution in [-0.2, 0) is 0 Å². The minimum Gasteiger partial charge on any atom is -0.309 e. The number of amides is 2. The van der Waals surface area contributed by atoms with Gasteiger partial charge in [-0.2, -0.15) is 0 Å². The molecule has 1 N–H and O–H groups in total.